The highest BCUT2D eigenvalue weighted by Gasteiger charge is 2.14. The summed E-state index contributed by atoms with van der Waals surface area (Å²) in [4.78, 5) is 12.7. The van der Waals surface area contributed by atoms with Crippen molar-refractivity contribution in [3.8, 4) is 11.5 Å². The average Bonchev–Trinajstić information content (AvgIpc) is 2.67. The summed E-state index contributed by atoms with van der Waals surface area (Å²) < 4.78 is 11.8. The van der Waals surface area contributed by atoms with Crippen LogP contribution >= 0.6 is 15.9 Å². The predicted octanol–water partition coefficient (Wildman–Crippen LogP) is 5.78. The molecule has 0 bridgehead atoms. The molecule has 4 nitrogen and oxygen atoms in total. The van der Waals surface area contributed by atoms with Crippen molar-refractivity contribution in [1.82, 2.24) is 0 Å². The van der Waals surface area contributed by atoms with E-state index in [0.717, 1.165) is 10.0 Å². The fourth-order valence-electron chi connectivity index (χ4n) is 2.28. The molecule has 2 aromatic carbocycles. The van der Waals surface area contributed by atoms with Gasteiger partial charge in [0.2, 0.25) is 0 Å². The van der Waals surface area contributed by atoms with E-state index in [0.29, 0.717) is 35.8 Å². The number of carbonyl (C=O) groups excluding carboxylic acids is 1. The second-order valence-corrected chi connectivity index (χ2v) is 6.59. The number of rotatable bonds is 9. The number of anilines is 1. The molecule has 2 aromatic rings. The molecule has 0 aliphatic rings. The molecule has 0 aliphatic heterocycles. The minimum atomic E-state index is -0.259. The van der Waals surface area contributed by atoms with Crippen LogP contribution in [0, 0.1) is 0 Å². The second-order valence-electron chi connectivity index (χ2n) is 5.68. The van der Waals surface area contributed by atoms with Crippen molar-refractivity contribution in [1.29, 1.82) is 0 Å². The maximum atomic E-state index is 12.7. The summed E-state index contributed by atoms with van der Waals surface area (Å²) in [6, 6.07) is 12.5. The van der Waals surface area contributed by atoms with Crippen molar-refractivity contribution >= 4 is 27.5 Å². The zero-order chi connectivity index (χ0) is 19.6. The summed E-state index contributed by atoms with van der Waals surface area (Å²) in [6.07, 6.45) is 6.06. The van der Waals surface area contributed by atoms with Crippen LogP contribution in [0.2, 0.25) is 0 Å². The number of nitrogens with one attached hydrogen (secondary N) is 1. The molecule has 0 atom stereocenters. The first-order chi connectivity index (χ1) is 13.0. The normalized spacial score (nSPS) is 10.4. The zero-order valence-corrected chi connectivity index (χ0v) is 16.8. The van der Waals surface area contributed by atoms with Gasteiger partial charge in [0, 0.05) is 22.6 Å². The van der Waals surface area contributed by atoms with Crippen molar-refractivity contribution in [3.63, 3.8) is 0 Å². The number of hydrogen-bond donors (Lipinski definition) is 1. The van der Waals surface area contributed by atoms with E-state index in [1.165, 1.54) is 0 Å². The predicted molar refractivity (Wildman–Crippen MR) is 114 cm³/mol. The lowest BCUT2D eigenvalue weighted by Gasteiger charge is -2.13. The molecule has 0 heterocycles. The molecule has 2 rings (SSSR count). The lowest BCUT2D eigenvalue weighted by Crippen LogP contribution is -2.14. The van der Waals surface area contributed by atoms with Crippen molar-refractivity contribution in [3.05, 3.63) is 89.5 Å². The van der Waals surface area contributed by atoms with E-state index < -0.39 is 0 Å². The van der Waals surface area contributed by atoms with Crippen LogP contribution in [-0.4, -0.2) is 19.6 Å². The van der Waals surface area contributed by atoms with E-state index >= 15 is 0 Å². The lowest BCUT2D eigenvalue weighted by molar-refractivity contribution is 0.102. The highest BCUT2D eigenvalue weighted by Crippen LogP contribution is 2.25. The molecule has 0 saturated heterocycles. The summed E-state index contributed by atoms with van der Waals surface area (Å²) >= 11 is 3.40. The Morgan fingerprint density at radius 2 is 2.07 bits per heavy atom. The van der Waals surface area contributed by atoms with Gasteiger partial charge in [-0.05, 0) is 30.3 Å². The van der Waals surface area contributed by atoms with Gasteiger partial charge < -0.3 is 14.8 Å². The van der Waals surface area contributed by atoms with Crippen LogP contribution in [0.3, 0.4) is 0 Å². The molecule has 5 heteroatoms. The van der Waals surface area contributed by atoms with Crippen LogP contribution in [-0.2, 0) is 0 Å². The molecule has 0 aromatic heterocycles. The Morgan fingerprint density at radius 3 is 2.81 bits per heavy atom. The van der Waals surface area contributed by atoms with Gasteiger partial charge in [0.15, 0.2) is 0 Å². The Labute approximate surface area is 168 Å². The molecule has 0 aliphatic carbocycles. The maximum absolute atomic E-state index is 12.7. The van der Waals surface area contributed by atoms with Crippen molar-refractivity contribution in [2.45, 2.75) is 6.42 Å². The van der Waals surface area contributed by atoms with E-state index in [1.54, 1.807) is 37.5 Å². The number of benzene rings is 2. The quantitative estimate of drug-likeness (QED) is 0.516. The summed E-state index contributed by atoms with van der Waals surface area (Å²) in [7, 11) is 1.58. The third-order valence-electron chi connectivity index (χ3n) is 3.66. The molecule has 0 fully saturated rings. The Kier molecular flexibility index (Phi) is 7.89. The number of carbonyl (C=O) groups is 1. The molecule has 140 valence electrons. The number of methoxy groups -OCH3 is 1. The third kappa shape index (κ3) is 6.46. The van der Waals surface area contributed by atoms with Crippen LogP contribution in [0.5, 0.6) is 11.5 Å². The molecule has 0 saturated carbocycles. The largest absolute Gasteiger partial charge is 0.497 e. The number of amides is 1. The van der Waals surface area contributed by atoms with E-state index in [1.807, 2.05) is 30.4 Å². The topological polar surface area (TPSA) is 47.6 Å². The fraction of sp³-hybridized carbons (Fsp3) is 0.136. The Hall–Kier alpha value is -2.79. The molecule has 0 spiro atoms. The molecule has 0 unspecified atom stereocenters. The van der Waals surface area contributed by atoms with Crippen LogP contribution in [0.15, 0.2) is 83.9 Å². The molecule has 1 N–H and O–H groups in total. The van der Waals surface area contributed by atoms with Crippen LogP contribution in [0.25, 0.3) is 0 Å². The van der Waals surface area contributed by atoms with Gasteiger partial charge in [-0.1, -0.05) is 59.0 Å². The number of hydrogen-bond acceptors (Lipinski definition) is 3. The highest BCUT2D eigenvalue weighted by molar-refractivity contribution is 9.10. The summed E-state index contributed by atoms with van der Waals surface area (Å²) in [6.45, 7) is 8.00. The van der Waals surface area contributed by atoms with Gasteiger partial charge in [0.1, 0.15) is 11.5 Å². The number of allylic oxidation sites excluding steroid dienone is 3. The standard InChI is InChI=1S/C22H22BrNO3/c1-4-5-7-16(2)12-13-27-21-11-10-17(23)14-20(21)22(25)24-18-8-6-9-19(15-18)26-3/h4-11,14-15H,1-2,12-13H2,3H3,(H,24,25)/b7-5-. The number of halogens is 1. The van der Waals surface area contributed by atoms with Gasteiger partial charge in [0.25, 0.3) is 5.91 Å². The van der Waals surface area contributed by atoms with Gasteiger partial charge >= 0.3 is 0 Å². The second kappa shape index (κ2) is 10.4. The van der Waals surface area contributed by atoms with E-state index in [2.05, 4.69) is 34.4 Å². The highest BCUT2D eigenvalue weighted by atomic mass is 79.9. The van der Waals surface area contributed by atoms with Crippen molar-refractivity contribution in [2.75, 3.05) is 19.0 Å². The Morgan fingerprint density at radius 1 is 1.26 bits per heavy atom. The Bertz CT molecular complexity index is 858. The average molecular weight is 428 g/mol. The summed E-state index contributed by atoms with van der Waals surface area (Å²) in [5.74, 6) is 0.925. The van der Waals surface area contributed by atoms with Gasteiger partial charge in [-0.15, -0.1) is 0 Å². The van der Waals surface area contributed by atoms with Gasteiger partial charge in [-0.3, -0.25) is 4.79 Å². The molecule has 1 amide bonds. The zero-order valence-electron chi connectivity index (χ0n) is 15.2. The van der Waals surface area contributed by atoms with Gasteiger partial charge in [-0.25, -0.2) is 0 Å². The minimum absolute atomic E-state index is 0.259. The Balaban J connectivity index is 2.09. The van der Waals surface area contributed by atoms with Gasteiger partial charge in [0.05, 0.1) is 19.3 Å². The lowest BCUT2D eigenvalue weighted by atomic mass is 10.1. The van der Waals surface area contributed by atoms with E-state index in [-0.39, 0.29) is 5.91 Å². The molecule has 27 heavy (non-hydrogen) atoms. The van der Waals surface area contributed by atoms with Crippen LogP contribution in [0.1, 0.15) is 16.8 Å². The first-order valence-electron chi connectivity index (χ1n) is 8.38. The minimum Gasteiger partial charge on any atom is -0.497 e. The molecule has 0 radical (unpaired) electrons. The monoisotopic (exact) mass is 427 g/mol. The molecular formula is C22H22BrNO3. The maximum Gasteiger partial charge on any atom is 0.259 e. The first-order valence-corrected chi connectivity index (χ1v) is 9.17. The summed E-state index contributed by atoms with van der Waals surface area (Å²) in [5, 5.41) is 2.87. The van der Waals surface area contributed by atoms with Crippen LogP contribution < -0.4 is 14.8 Å². The third-order valence-corrected chi connectivity index (χ3v) is 4.16. The fourth-order valence-corrected chi connectivity index (χ4v) is 2.65. The number of ether oxygens (including phenoxy) is 2. The van der Waals surface area contributed by atoms with Crippen LogP contribution in [0.4, 0.5) is 5.69 Å². The SMILES string of the molecule is C=C/C=C\C(=C)CCOc1ccc(Br)cc1C(=O)Nc1cccc(OC)c1. The van der Waals surface area contributed by atoms with E-state index in [9.17, 15) is 4.79 Å². The van der Waals surface area contributed by atoms with Crippen molar-refractivity contribution in [2.24, 2.45) is 0 Å². The van der Waals surface area contributed by atoms with Crippen molar-refractivity contribution < 1.29 is 14.3 Å². The molecular weight excluding hydrogens is 406 g/mol. The summed E-state index contributed by atoms with van der Waals surface area (Å²) in [5.41, 5.74) is 2.02. The van der Waals surface area contributed by atoms with E-state index in [4.69, 9.17) is 9.47 Å². The first kappa shape index (κ1) is 20.5. The van der Waals surface area contributed by atoms with Gasteiger partial charge in [-0.2, -0.15) is 0 Å². The smallest absolute Gasteiger partial charge is 0.259 e.